The Morgan fingerprint density at radius 3 is 2.72 bits per heavy atom. The Morgan fingerprint density at radius 1 is 1.39 bits per heavy atom. The predicted molar refractivity (Wildman–Crippen MR) is 78.2 cm³/mol. The van der Waals surface area contributed by atoms with E-state index in [1.54, 1.807) is 11.8 Å². The number of hydrogen-bond acceptors (Lipinski definition) is 3. The minimum atomic E-state index is 0.610. The summed E-state index contributed by atoms with van der Waals surface area (Å²) in [6, 6.07) is 9.20. The molecule has 1 aliphatic rings. The molecule has 3 heteroatoms. The Labute approximate surface area is 114 Å². The summed E-state index contributed by atoms with van der Waals surface area (Å²) >= 11 is 1.75. The molecule has 96 valence electrons. The van der Waals surface area contributed by atoms with Crippen LogP contribution in [-0.2, 0) is 0 Å². The zero-order valence-corrected chi connectivity index (χ0v) is 12.0. The van der Waals surface area contributed by atoms with E-state index in [2.05, 4.69) is 43.1 Å². The molecule has 1 aromatic carbocycles. The Kier molecular flexibility index (Phi) is 4.54. The third-order valence-electron chi connectivity index (χ3n) is 3.67. The van der Waals surface area contributed by atoms with Gasteiger partial charge < -0.3 is 4.90 Å². The standard InChI is InChI=1S/C15H20N2S/c1-3-18-15-10-6-9-14(13(15)11-16)17(2)12-7-4-5-8-12/h6,9-10,12H,3-5,7-8H2,1-2H3. The van der Waals surface area contributed by atoms with Gasteiger partial charge in [-0.05, 0) is 30.7 Å². The Hall–Kier alpha value is -1.14. The average Bonchev–Trinajstić information content (AvgIpc) is 2.92. The Morgan fingerprint density at radius 2 is 2.11 bits per heavy atom. The van der Waals surface area contributed by atoms with Crippen LogP contribution in [0.15, 0.2) is 23.1 Å². The summed E-state index contributed by atoms with van der Waals surface area (Å²) in [5, 5.41) is 9.43. The minimum Gasteiger partial charge on any atom is -0.371 e. The lowest BCUT2D eigenvalue weighted by atomic mass is 10.1. The van der Waals surface area contributed by atoms with Crippen molar-refractivity contribution in [3.05, 3.63) is 23.8 Å². The highest BCUT2D eigenvalue weighted by Gasteiger charge is 2.22. The molecule has 2 nitrogen and oxygen atoms in total. The van der Waals surface area contributed by atoms with Crippen molar-refractivity contribution in [2.45, 2.75) is 43.5 Å². The molecule has 0 unspecified atom stereocenters. The SMILES string of the molecule is CCSc1cccc(N(C)C2CCCC2)c1C#N. The van der Waals surface area contributed by atoms with Gasteiger partial charge in [0.1, 0.15) is 6.07 Å². The van der Waals surface area contributed by atoms with Crippen LogP contribution in [-0.4, -0.2) is 18.8 Å². The summed E-state index contributed by atoms with van der Waals surface area (Å²) < 4.78 is 0. The molecule has 0 heterocycles. The predicted octanol–water partition coefficient (Wildman–Crippen LogP) is 4.05. The Bertz CT molecular complexity index is 444. The first kappa shape index (κ1) is 13.3. The smallest absolute Gasteiger partial charge is 0.103 e. The molecule has 0 aliphatic heterocycles. The maximum atomic E-state index is 9.43. The van der Waals surface area contributed by atoms with E-state index in [1.165, 1.54) is 25.7 Å². The summed E-state index contributed by atoms with van der Waals surface area (Å²) in [5.74, 6) is 1.01. The minimum absolute atomic E-state index is 0.610. The molecule has 0 aromatic heterocycles. The van der Waals surface area contributed by atoms with E-state index in [9.17, 15) is 5.26 Å². The summed E-state index contributed by atoms with van der Waals surface area (Å²) in [4.78, 5) is 3.42. The molecule has 1 fully saturated rings. The van der Waals surface area contributed by atoms with Crippen molar-refractivity contribution in [2.24, 2.45) is 0 Å². The summed E-state index contributed by atoms with van der Waals surface area (Å²) in [5.41, 5.74) is 1.95. The summed E-state index contributed by atoms with van der Waals surface area (Å²) in [6.07, 6.45) is 5.15. The van der Waals surface area contributed by atoms with E-state index in [1.807, 2.05) is 0 Å². The van der Waals surface area contributed by atoms with E-state index in [-0.39, 0.29) is 0 Å². The third-order valence-corrected chi connectivity index (χ3v) is 4.61. The molecule has 0 saturated heterocycles. The van der Waals surface area contributed by atoms with Crippen LogP contribution < -0.4 is 4.90 Å². The largest absolute Gasteiger partial charge is 0.371 e. The quantitative estimate of drug-likeness (QED) is 0.764. The molecule has 1 aliphatic carbocycles. The van der Waals surface area contributed by atoms with E-state index in [0.717, 1.165) is 21.9 Å². The van der Waals surface area contributed by atoms with Gasteiger partial charge in [0.25, 0.3) is 0 Å². The maximum Gasteiger partial charge on any atom is 0.103 e. The van der Waals surface area contributed by atoms with Crippen LogP contribution in [0.3, 0.4) is 0 Å². The van der Waals surface area contributed by atoms with Crippen molar-refractivity contribution < 1.29 is 0 Å². The number of hydrogen-bond donors (Lipinski definition) is 0. The van der Waals surface area contributed by atoms with Crippen LogP contribution >= 0.6 is 11.8 Å². The number of benzene rings is 1. The number of nitrogens with zero attached hydrogens (tertiary/aromatic N) is 2. The van der Waals surface area contributed by atoms with Crippen LogP contribution in [0.4, 0.5) is 5.69 Å². The maximum absolute atomic E-state index is 9.43. The fourth-order valence-electron chi connectivity index (χ4n) is 2.69. The molecule has 18 heavy (non-hydrogen) atoms. The second kappa shape index (κ2) is 6.15. The third kappa shape index (κ3) is 2.64. The van der Waals surface area contributed by atoms with Gasteiger partial charge >= 0.3 is 0 Å². The van der Waals surface area contributed by atoms with Gasteiger partial charge in [-0.3, -0.25) is 0 Å². The first-order chi connectivity index (χ1) is 8.77. The number of anilines is 1. The topological polar surface area (TPSA) is 27.0 Å². The van der Waals surface area contributed by atoms with Crippen LogP contribution in [0, 0.1) is 11.3 Å². The van der Waals surface area contributed by atoms with Crippen LogP contribution in [0.1, 0.15) is 38.2 Å². The second-order valence-electron chi connectivity index (χ2n) is 4.74. The molecule has 1 saturated carbocycles. The molecule has 2 rings (SSSR count). The van der Waals surface area contributed by atoms with Crippen molar-refractivity contribution in [1.82, 2.24) is 0 Å². The van der Waals surface area contributed by atoms with E-state index in [0.29, 0.717) is 6.04 Å². The van der Waals surface area contributed by atoms with E-state index >= 15 is 0 Å². The highest BCUT2D eigenvalue weighted by molar-refractivity contribution is 7.99. The molecule has 0 bridgehead atoms. The van der Waals surface area contributed by atoms with Gasteiger partial charge in [0.05, 0.1) is 11.3 Å². The number of nitriles is 1. The fourth-order valence-corrected chi connectivity index (χ4v) is 3.47. The first-order valence-corrected chi connectivity index (χ1v) is 7.65. The van der Waals surface area contributed by atoms with Gasteiger partial charge in [-0.25, -0.2) is 0 Å². The van der Waals surface area contributed by atoms with Crippen molar-refractivity contribution in [3.8, 4) is 6.07 Å². The lowest BCUT2D eigenvalue weighted by Crippen LogP contribution is -2.29. The van der Waals surface area contributed by atoms with Crippen molar-refractivity contribution >= 4 is 17.4 Å². The molecule has 0 radical (unpaired) electrons. The van der Waals surface area contributed by atoms with Crippen LogP contribution in [0.25, 0.3) is 0 Å². The van der Waals surface area contributed by atoms with Crippen LogP contribution in [0.5, 0.6) is 0 Å². The monoisotopic (exact) mass is 260 g/mol. The second-order valence-corrected chi connectivity index (χ2v) is 6.05. The average molecular weight is 260 g/mol. The summed E-state index contributed by atoms with van der Waals surface area (Å²) in [7, 11) is 2.13. The van der Waals surface area contributed by atoms with Gasteiger partial charge in [0.2, 0.25) is 0 Å². The highest BCUT2D eigenvalue weighted by Crippen LogP contribution is 2.33. The summed E-state index contributed by atoms with van der Waals surface area (Å²) in [6.45, 7) is 2.12. The van der Waals surface area contributed by atoms with Gasteiger partial charge in [0.15, 0.2) is 0 Å². The lowest BCUT2D eigenvalue weighted by molar-refractivity contribution is 0.652. The number of rotatable bonds is 4. The molecule has 0 N–H and O–H groups in total. The molecule has 0 amide bonds. The van der Waals surface area contributed by atoms with Gasteiger partial charge in [0, 0.05) is 18.0 Å². The molecule has 0 atom stereocenters. The normalized spacial score (nSPS) is 15.6. The molecule has 0 spiro atoms. The Balaban J connectivity index is 2.31. The molecule has 1 aromatic rings. The van der Waals surface area contributed by atoms with Crippen LogP contribution in [0.2, 0.25) is 0 Å². The molecular formula is C15H20N2S. The first-order valence-electron chi connectivity index (χ1n) is 6.66. The zero-order valence-electron chi connectivity index (χ0n) is 11.1. The van der Waals surface area contributed by atoms with Crippen molar-refractivity contribution in [1.29, 1.82) is 5.26 Å². The molecular weight excluding hydrogens is 240 g/mol. The highest BCUT2D eigenvalue weighted by atomic mass is 32.2. The fraction of sp³-hybridized carbons (Fsp3) is 0.533. The van der Waals surface area contributed by atoms with E-state index in [4.69, 9.17) is 0 Å². The van der Waals surface area contributed by atoms with Crippen molar-refractivity contribution in [3.63, 3.8) is 0 Å². The van der Waals surface area contributed by atoms with Gasteiger partial charge in [-0.2, -0.15) is 5.26 Å². The van der Waals surface area contributed by atoms with Gasteiger partial charge in [-0.1, -0.05) is 25.8 Å². The number of thioether (sulfide) groups is 1. The van der Waals surface area contributed by atoms with Crippen molar-refractivity contribution in [2.75, 3.05) is 17.7 Å². The van der Waals surface area contributed by atoms with E-state index < -0.39 is 0 Å². The lowest BCUT2D eigenvalue weighted by Gasteiger charge is -2.28. The van der Waals surface area contributed by atoms with Gasteiger partial charge in [-0.15, -0.1) is 11.8 Å². The zero-order chi connectivity index (χ0) is 13.0.